The first-order valence-electron chi connectivity index (χ1n) is 13.2. The Kier molecular flexibility index (Phi) is 11.1. The number of rotatable bonds is 13. The van der Waals surface area contributed by atoms with Gasteiger partial charge in [-0.3, -0.25) is 0 Å². The molecule has 1 saturated carbocycles. The summed E-state index contributed by atoms with van der Waals surface area (Å²) in [6, 6.07) is 12.3. The third-order valence-electron chi connectivity index (χ3n) is 7.06. The van der Waals surface area contributed by atoms with Gasteiger partial charge in [-0.05, 0) is 67.1 Å². The van der Waals surface area contributed by atoms with Gasteiger partial charge in [0.2, 0.25) is 0 Å². The third-order valence-corrected chi connectivity index (χ3v) is 7.06. The first-order valence-corrected chi connectivity index (χ1v) is 13.2. The van der Waals surface area contributed by atoms with Crippen LogP contribution >= 0.6 is 0 Å². The predicted molar refractivity (Wildman–Crippen MR) is 136 cm³/mol. The molecule has 0 saturated heterocycles. The van der Waals surface area contributed by atoms with E-state index in [1.54, 1.807) is 24.3 Å². The average Bonchev–Trinajstić information content (AvgIpc) is 2.88. The fourth-order valence-electron chi connectivity index (χ4n) is 4.91. The van der Waals surface area contributed by atoms with Crippen molar-refractivity contribution in [2.24, 2.45) is 11.8 Å². The molecular formula is C30H38FNO3. The molecule has 0 amide bonds. The molecule has 0 bridgehead atoms. The summed E-state index contributed by atoms with van der Waals surface area (Å²) >= 11 is 0. The number of unbranched alkanes of at least 4 members (excludes halogenated alkanes) is 4. The van der Waals surface area contributed by atoms with Gasteiger partial charge in [0, 0.05) is 0 Å². The first kappa shape index (κ1) is 26.7. The molecule has 0 aromatic heterocycles. The van der Waals surface area contributed by atoms with Crippen LogP contribution < -0.4 is 9.47 Å². The van der Waals surface area contributed by atoms with E-state index in [-0.39, 0.29) is 11.3 Å². The lowest BCUT2D eigenvalue weighted by Crippen LogP contribution is -2.15. The summed E-state index contributed by atoms with van der Waals surface area (Å²) in [6.45, 7) is 2.93. The van der Waals surface area contributed by atoms with Crippen molar-refractivity contribution in [2.75, 3.05) is 6.61 Å². The Labute approximate surface area is 209 Å². The van der Waals surface area contributed by atoms with E-state index in [0.29, 0.717) is 17.9 Å². The Morgan fingerprint density at radius 3 is 2.23 bits per heavy atom. The minimum Gasteiger partial charge on any atom is -0.494 e. The summed E-state index contributed by atoms with van der Waals surface area (Å²) in [6.07, 6.45) is 16.1. The lowest BCUT2D eigenvalue weighted by Gasteiger charge is -2.28. The highest BCUT2D eigenvalue weighted by Crippen LogP contribution is 2.34. The SMILES string of the molecule is CCCCCCCC1CCC(CCCOc2ccc(C(=O)Oc3ccc(C#N)cc3F)cc2)CC1. The molecule has 4 nitrogen and oxygen atoms in total. The number of esters is 1. The van der Waals surface area contributed by atoms with Gasteiger partial charge < -0.3 is 9.47 Å². The van der Waals surface area contributed by atoms with E-state index < -0.39 is 11.8 Å². The Hall–Kier alpha value is -2.87. The van der Waals surface area contributed by atoms with Crippen LogP contribution in [0.3, 0.4) is 0 Å². The van der Waals surface area contributed by atoms with Gasteiger partial charge in [-0.15, -0.1) is 0 Å². The van der Waals surface area contributed by atoms with Crippen molar-refractivity contribution >= 4 is 5.97 Å². The lowest BCUT2D eigenvalue weighted by atomic mass is 9.78. The second-order valence-electron chi connectivity index (χ2n) is 9.75. The van der Waals surface area contributed by atoms with Gasteiger partial charge in [-0.25, -0.2) is 9.18 Å². The number of carbonyl (C=O) groups excluding carboxylic acids is 1. The highest BCUT2D eigenvalue weighted by molar-refractivity contribution is 5.91. The van der Waals surface area contributed by atoms with E-state index in [2.05, 4.69) is 6.92 Å². The van der Waals surface area contributed by atoms with Crippen molar-refractivity contribution in [3.63, 3.8) is 0 Å². The second-order valence-corrected chi connectivity index (χ2v) is 9.75. The molecule has 0 aliphatic heterocycles. The number of nitriles is 1. The van der Waals surface area contributed by atoms with Crippen LogP contribution in [0.15, 0.2) is 42.5 Å². The fourth-order valence-corrected chi connectivity index (χ4v) is 4.91. The topological polar surface area (TPSA) is 59.3 Å². The predicted octanol–water partition coefficient (Wildman–Crippen LogP) is 8.24. The van der Waals surface area contributed by atoms with Crippen LogP contribution in [0, 0.1) is 29.0 Å². The standard InChI is InChI=1S/C30H38FNO3/c1-2-3-4-5-6-8-23-10-12-24(13-11-23)9-7-20-34-27-17-15-26(16-18-27)30(33)35-29-19-14-25(22-32)21-28(29)31/h14-19,21,23-24H,2-13,20H2,1H3. The second kappa shape index (κ2) is 14.5. The molecule has 2 aromatic rings. The average molecular weight is 480 g/mol. The lowest BCUT2D eigenvalue weighted by molar-refractivity contribution is 0.0728. The van der Waals surface area contributed by atoms with Gasteiger partial charge in [0.05, 0.1) is 23.8 Å². The third kappa shape index (κ3) is 9.02. The molecule has 1 aliphatic carbocycles. The summed E-state index contributed by atoms with van der Waals surface area (Å²) in [4.78, 5) is 12.3. The van der Waals surface area contributed by atoms with Crippen molar-refractivity contribution in [3.05, 3.63) is 59.4 Å². The zero-order valence-corrected chi connectivity index (χ0v) is 20.9. The normalized spacial score (nSPS) is 17.5. The molecule has 1 aliphatic rings. The quantitative estimate of drug-likeness (QED) is 0.165. The molecule has 0 atom stereocenters. The molecule has 1 fully saturated rings. The molecular weight excluding hydrogens is 441 g/mol. The fraction of sp³-hybridized carbons (Fsp3) is 0.533. The van der Waals surface area contributed by atoms with Gasteiger partial charge in [0.25, 0.3) is 0 Å². The van der Waals surface area contributed by atoms with E-state index in [1.165, 1.54) is 82.8 Å². The summed E-state index contributed by atoms with van der Waals surface area (Å²) in [7, 11) is 0. The first-order chi connectivity index (χ1) is 17.1. The van der Waals surface area contributed by atoms with Crippen molar-refractivity contribution in [2.45, 2.75) is 84.0 Å². The number of hydrogen-bond acceptors (Lipinski definition) is 4. The van der Waals surface area contributed by atoms with Crippen LogP contribution in [-0.2, 0) is 0 Å². The summed E-state index contributed by atoms with van der Waals surface area (Å²) in [5, 5.41) is 8.80. The maximum Gasteiger partial charge on any atom is 0.343 e. The van der Waals surface area contributed by atoms with Crippen LogP contribution in [0.1, 0.15) is 99.9 Å². The summed E-state index contributed by atoms with van der Waals surface area (Å²) < 4.78 is 24.9. The molecule has 0 heterocycles. The minimum atomic E-state index is -0.742. The monoisotopic (exact) mass is 479 g/mol. The zero-order chi connectivity index (χ0) is 24.9. The minimum absolute atomic E-state index is 0.171. The van der Waals surface area contributed by atoms with Gasteiger partial charge in [-0.1, -0.05) is 71.1 Å². The summed E-state index contributed by atoms with van der Waals surface area (Å²) in [5.41, 5.74) is 0.480. The maximum atomic E-state index is 13.9. The highest BCUT2D eigenvalue weighted by atomic mass is 19.1. The number of ether oxygens (including phenoxy) is 2. The van der Waals surface area contributed by atoms with Crippen LogP contribution in [0.4, 0.5) is 4.39 Å². The van der Waals surface area contributed by atoms with Crippen molar-refractivity contribution in [3.8, 4) is 17.6 Å². The number of benzene rings is 2. The molecule has 35 heavy (non-hydrogen) atoms. The number of halogens is 1. The Bertz CT molecular complexity index is 959. The van der Waals surface area contributed by atoms with Crippen molar-refractivity contribution < 1.29 is 18.7 Å². The molecule has 3 rings (SSSR count). The van der Waals surface area contributed by atoms with E-state index in [9.17, 15) is 9.18 Å². The molecule has 188 valence electrons. The van der Waals surface area contributed by atoms with Gasteiger partial charge in [0.1, 0.15) is 5.75 Å². The van der Waals surface area contributed by atoms with Crippen LogP contribution in [-0.4, -0.2) is 12.6 Å². The molecule has 5 heteroatoms. The number of hydrogen-bond donors (Lipinski definition) is 0. The van der Waals surface area contributed by atoms with Crippen LogP contribution in [0.5, 0.6) is 11.5 Å². The van der Waals surface area contributed by atoms with Crippen LogP contribution in [0.25, 0.3) is 0 Å². The largest absolute Gasteiger partial charge is 0.494 e. The molecule has 0 radical (unpaired) electrons. The number of carbonyl (C=O) groups is 1. The maximum absolute atomic E-state index is 13.9. The molecule has 0 spiro atoms. The molecule has 2 aromatic carbocycles. The van der Waals surface area contributed by atoms with E-state index >= 15 is 0 Å². The zero-order valence-electron chi connectivity index (χ0n) is 20.9. The highest BCUT2D eigenvalue weighted by Gasteiger charge is 2.20. The van der Waals surface area contributed by atoms with E-state index in [4.69, 9.17) is 14.7 Å². The molecule has 0 unspecified atom stereocenters. The smallest absolute Gasteiger partial charge is 0.343 e. The van der Waals surface area contributed by atoms with E-state index in [0.717, 1.165) is 24.3 Å². The van der Waals surface area contributed by atoms with Crippen molar-refractivity contribution in [1.29, 1.82) is 5.26 Å². The number of nitrogens with zero attached hydrogens (tertiary/aromatic N) is 1. The van der Waals surface area contributed by atoms with Gasteiger partial charge >= 0.3 is 5.97 Å². The van der Waals surface area contributed by atoms with Crippen molar-refractivity contribution in [1.82, 2.24) is 0 Å². The van der Waals surface area contributed by atoms with Gasteiger partial charge in [-0.2, -0.15) is 5.26 Å². The summed E-state index contributed by atoms with van der Waals surface area (Å²) in [5.74, 6) is 0.885. The van der Waals surface area contributed by atoms with E-state index in [1.807, 2.05) is 6.07 Å². The Morgan fingerprint density at radius 1 is 0.943 bits per heavy atom. The van der Waals surface area contributed by atoms with Crippen LogP contribution in [0.2, 0.25) is 0 Å². The Balaban J connectivity index is 1.31. The van der Waals surface area contributed by atoms with Gasteiger partial charge in [0.15, 0.2) is 11.6 Å². The Morgan fingerprint density at radius 2 is 1.60 bits per heavy atom. The molecule has 0 N–H and O–H groups in total.